The van der Waals surface area contributed by atoms with Crippen LogP contribution in [0.4, 0.5) is 5.69 Å². The van der Waals surface area contributed by atoms with Gasteiger partial charge in [-0.25, -0.2) is 10.4 Å². The van der Waals surface area contributed by atoms with E-state index in [-0.39, 0.29) is 26.6 Å². The molecule has 25 heavy (non-hydrogen) atoms. The van der Waals surface area contributed by atoms with Gasteiger partial charge in [0.15, 0.2) is 10.8 Å². The second-order valence-electron chi connectivity index (χ2n) is 5.10. The summed E-state index contributed by atoms with van der Waals surface area (Å²) in [7, 11) is 0. The number of benzene rings is 2. The summed E-state index contributed by atoms with van der Waals surface area (Å²) in [4.78, 5) is 16.0. The van der Waals surface area contributed by atoms with Crippen molar-refractivity contribution < 1.29 is 4.79 Å². The summed E-state index contributed by atoms with van der Waals surface area (Å²) in [6.45, 7) is 0. The summed E-state index contributed by atoms with van der Waals surface area (Å²) in [5.74, 6) is -0.646. The van der Waals surface area contributed by atoms with Gasteiger partial charge in [-0.05, 0) is 22.4 Å². The summed E-state index contributed by atoms with van der Waals surface area (Å²) in [5, 5.41) is 5.92. The molecule has 2 aromatic carbocycles. The SMILES string of the molecule is Nc1c(Cl)c(Cl)nc(C(=O)N/N=C\c2ccc3ccccc3c2)c1Cl. The molecule has 0 atom stereocenters. The minimum absolute atomic E-state index is 0.00267. The number of halogens is 3. The molecule has 8 heteroatoms. The number of pyridine rings is 1. The minimum Gasteiger partial charge on any atom is -0.396 e. The van der Waals surface area contributed by atoms with Gasteiger partial charge in [0.1, 0.15) is 5.02 Å². The Hall–Kier alpha value is -2.34. The summed E-state index contributed by atoms with van der Waals surface area (Å²) < 4.78 is 0. The first-order valence-electron chi connectivity index (χ1n) is 7.09. The molecule has 0 bridgehead atoms. The van der Waals surface area contributed by atoms with Crippen molar-refractivity contribution in [1.29, 1.82) is 0 Å². The summed E-state index contributed by atoms with van der Waals surface area (Å²) >= 11 is 17.6. The predicted octanol–water partition coefficient (Wildman–Crippen LogP) is 4.54. The van der Waals surface area contributed by atoms with E-state index in [1.807, 2.05) is 42.5 Å². The monoisotopic (exact) mass is 392 g/mol. The Morgan fingerprint density at radius 2 is 1.80 bits per heavy atom. The van der Waals surface area contributed by atoms with Crippen LogP contribution in [-0.4, -0.2) is 17.1 Å². The standard InChI is InChI=1S/C17H11Cl3N4O/c18-12-14(21)13(19)16(20)23-15(12)17(25)24-22-8-9-5-6-10-3-1-2-4-11(10)7-9/h1-8H,(H2,21,23)(H,24,25)/b22-8-. The molecular weight excluding hydrogens is 383 g/mol. The van der Waals surface area contributed by atoms with E-state index in [4.69, 9.17) is 40.5 Å². The minimum atomic E-state index is -0.646. The number of rotatable bonds is 3. The zero-order valence-corrected chi connectivity index (χ0v) is 14.9. The smallest absolute Gasteiger partial charge is 0.291 e. The van der Waals surface area contributed by atoms with Gasteiger partial charge >= 0.3 is 0 Å². The van der Waals surface area contributed by atoms with E-state index in [0.717, 1.165) is 16.3 Å². The molecule has 1 heterocycles. The number of amides is 1. The summed E-state index contributed by atoms with van der Waals surface area (Å²) in [5.41, 5.74) is 8.69. The molecule has 3 N–H and O–H groups in total. The number of aromatic nitrogens is 1. The Bertz CT molecular complexity index is 1000. The number of anilines is 1. The lowest BCUT2D eigenvalue weighted by Crippen LogP contribution is -2.20. The molecule has 0 aliphatic carbocycles. The van der Waals surface area contributed by atoms with Crippen LogP contribution in [0.2, 0.25) is 15.2 Å². The summed E-state index contributed by atoms with van der Waals surface area (Å²) in [6.07, 6.45) is 1.51. The highest BCUT2D eigenvalue weighted by Crippen LogP contribution is 2.34. The van der Waals surface area contributed by atoms with Gasteiger partial charge < -0.3 is 5.73 Å². The van der Waals surface area contributed by atoms with Crippen molar-refractivity contribution in [1.82, 2.24) is 10.4 Å². The lowest BCUT2D eigenvalue weighted by atomic mass is 10.1. The number of nitrogen functional groups attached to an aromatic ring is 1. The molecule has 1 amide bonds. The van der Waals surface area contributed by atoms with Crippen LogP contribution in [0.5, 0.6) is 0 Å². The second kappa shape index (κ2) is 7.27. The number of fused-ring (bicyclic) bond motifs is 1. The van der Waals surface area contributed by atoms with Crippen molar-refractivity contribution in [3.8, 4) is 0 Å². The maximum Gasteiger partial charge on any atom is 0.291 e. The van der Waals surface area contributed by atoms with Crippen LogP contribution in [0.3, 0.4) is 0 Å². The van der Waals surface area contributed by atoms with Crippen LogP contribution in [-0.2, 0) is 0 Å². The molecular formula is C17H11Cl3N4O. The molecule has 0 saturated carbocycles. The van der Waals surface area contributed by atoms with Crippen molar-refractivity contribution in [3.05, 3.63) is 68.9 Å². The van der Waals surface area contributed by atoms with E-state index in [9.17, 15) is 4.79 Å². The van der Waals surface area contributed by atoms with E-state index in [1.165, 1.54) is 6.21 Å². The average molecular weight is 394 g/mol. The van der Waals surface area contributed by atoms with E-state index < -0.39 is 5.91 Å². The fourth-order valence-corrected chi connectivity index (χ4v) is 2.78. The number of nitrogens with zero attached hydrogens (tertiary/aromatic N) is 2. The molecule has 3 rings (SSSR count). The lowest BCUT2D eigenvalue weighted by Gasteiger charge is -2.07. The van der Waals surface area contributed by atoms with Crippen LogP contribution in [0, 0.1) is 0 Å². The molecule has 1 aromatic heterocycles. The van der Waals surface area contributed by atoms with Crippen LogP contribution in [0.15, 0.2) is 47.6 Å². The van der Waals surface area contributed by atoms with Crippen LogP contribution >= 0.6 is 34.8 Å². The lowest BCUT2D eigenvalue weighted by molar-refractivity contribution is 0.0950. The third-order valence-corrected chi connectivity index (χ3v) is 4.58. The number of carbonyl (C=O) groups is 1. The van der Waals surface area contributed by atoms with Crippen molar-refractivity contribution in [3.63, 3.8) is 0 Å². The van der Waals surface area contributed by atoms with Gasteiger partial charge in [-0.1, -0.05) is 71.2 Å². The second-order valence-corrected chi connectivity index (χ2v) is 6.21. The van der Waals surface area contributed by atoms with Gasteiger partial charge in [0.25, 0.3) is 5.91 Å². The maximum atomic E-state index is 12.2. The zero-order chi connectivity index (χ0) is 18.0. The fraction of sp³-hybridized carbons (Fsp3) is 0. The molecule has 0 fully saturated rings. The van der Waals surface area contributed by atoms with E-state index in [1.54, 1.807) is 0 Å². The molecule has 0 aliphatic rings. The van der Waals surface area contributed by atoms with Crippen molar-refractivity contribution in [2.75, 3.05) is 5.73 Å². The van der Waals surface area contributed by atoms with E-state index in [2.05, 4.69) is 15.5 Å². The van der Waals surface area contributed by atoms with Gasteiger partial charge in [-0.3, -0.25) is 4.79 Å². The number of carbonyl (C=O) groups excluding carboxylic acids is 1. The number of hydrazone groups is 1. The fourth-order valence-electron chi connectivity index (χ4n) is 2.19. The number of nitrogens with two attached hydrogens (primary N) is 1. The van der Waals surface area contributed by atoms with E-state index in [0.29, 0.717) is 0 Å². The first-order chi connectivity index (χ1) is 12.0. The predicted molar refractivity (Wildman–Crippen MR) is 103 cm³/mol. The van der Waals surface area contributed by atoms with Crippen LogP contribution in [0.25, 0.3) is 10.8 Å². The van der Waals surface area contributed by atoms with Gasteiger partial charge in [-0.2, -0.15) is 5.10 Å². The Kier molecular flexibility index (Phi) is 5.08. The number of hydrogen-bond donors (Lipinski definition) is 2. The van der Waals surface area contributed by atoms with Gasteiger partial charge in [-0.15, -0.1) is 0 Å². The van der Waals surface area contributed by atoms with Crippen molar-refractivity contribution >= 4 is 63.4 Å². The average Bonchev–Trinajstić information content (AvgIpc) is 2.62. The normalized spacial score (nSPS) is 11.2. The van der Waals surface area contributed by atoms with Gasteiger partial charge in [0.05, 0.1) is 16.9 Å². The quantitative estimate of drug-likeness (QED) is 0.389. The third-order valence-electron chi connectivity index (χ3n) is 3.44. The Labute approximate surface area is 158 Å². The van der Waals surface area contributed by atoms with Gasteiger partial charge in [0.2, 0.25) is 0 Å². The van der Waals surface area contributed by atoms with Gasteiger partial charge in [0, 0.05) is 0 Å². The Morgan fingerprint density at radius 3 is 2.56 bits per heavy atom. The first kappa shape index (κ1) is 17.5. The molecule has 5 nitrogen and oxygen atoms in total. The molecule has 0 aliphatic heterocycles. The topological polar surface area (TPSA) is 80.4 Å². The van der Waals surface area contributed by atoms with E-state index >= 15 is 0 Å². The van der Waals surface area contributed by atoms with Crippen LogP contribution < -0.4 is 11.2 Å². The largest absolute Gasteiger partial charge is 0.396 e. The van der Waals surface area contributed by atoms with Crippen molar-refractivity contribution in [2.45, 2.75) is 0 Å². The maximum absolute atomic E-state index is 12.2. The Morgan fingerprint density at radius 1 is 1.08 bits per heavy atom. The molecule has 0 radical (unpaired) electrons. The first-order valence-corrected chi connectivity index (χ1v) is 8.23. The molecule has 0 saturated heterocycles. The van der Waals surface area contributed by atoms with Crippen LogP contribution in [0.1, 0.15) is 16.1 Å². The summed E-state index contributed by atoms with van der Waals surface area (Å²) in [6, 6.07) is 13.7. The molecule has 0 spiro atoms. The Balaban J connectivity index is 1.78. The highest BCUT2D eigenvalue weighted by atomic mass is 35.5. The third kappa shape index (κ3) is 3.69. The highest BCUT2D eigenvalue weighted by Gasteiger charge is 2.19. The number of nitrogens with one attached hydrogen (secondary N) is 1. The van der Waals surface area contributed by atoms with Crippen molar-refractivity contribution in [2.24, 2.45) is 5.10 Å². The number of hydrogen-bond acceptors (Lipinski definition) is 4. The zero-order valence-electron chi connectivity index (χ0n) is 12.6. The molecule has 3 aromatic rings. The molecule has 0 unspecified atom stereocenters. The molecule has 126 valence electrons. The highest BCUT2D eigenvalue weighted by molar-refractivity contribution is 6.46.